The molecule has 8 heteroatoms. The Bertz CT molecular complexity index is 1020. The summed E-state index contributed by atoms with van der Waals surface area (Å²) < 4.78 is 25.6. The first-order valence-corrected chi connectivity index (χ1v) is 10.1. The van der Waals surface area contributed by atoms with E-state index in [1.54, 1.807) is 23.1 Å². The standard InChI is InChI=1S/C20H17BrClFN2O3/c21-13-1-3-17(15(23)9-13)27-11-19(26)25-7-5-12(6-8-25)20-24-16-10-14(22)2-4-18(16)28-20/h1-4,9-10,12H,5-8,11H2. The van der Waals surface area contributed by atoms with E-state index < -0.39 is 5.82 Å². The molecule has 0 unspecified atom stereocenters. The number of oxazole rings is 1. The van der Waals surface area contributed by atoms with Gasteiger partial charge in [-0.3, -0.25) is 4.79 Å². The van der Waals surface area contributed by atoms with Gasteiger partial charge in [0.05, 0.1) is 0 Å². The highest BCUT2D eigenvalue weighted by atomic mass is 79.9. The van der Waals surface area contributed by atoms with Crippen molar-refractivity contribution in [3.8, 4) is 5.75 Å². The molecule has 0 bridgehead atoms. The maximum atomic E-state index is 13.8. The van der Waals surface area contributed by atoms with E-state index in [4.69, 9.17) is 20.8 Å². The quantitative estimate of drug-likeness (QED) is 0.531. The third-order valence-corrected chi connectivity index (χ3v) is 5.54. The molecular weight excluding hydrogens is 451 g/mol. The second-order valence-electron chi connectivity index (χ2n) is 6.68. The van der Waals surface area contributed by atoms with Crippen molar-refractivity contribution in [2.24, 2.45) is 0 Å². The van der Waals surface area contributed by atoms with Gasteiger partial charge in [0, 0.05) is 28.5 Å². The molecule has 1 aliphatic heterocycles. The first-order valence-electron chi connectivity index (χ1n) is 8.91. The van der Waals surface area contributed by atoms with E-state index in [1.807, 2.05) is 6.07 Å². The zero-order chi connectivity index (χ0) is 19.7. The van der Waals surface area contributed by atoms with Gasteiger partial charge in [-0.15, -0.1) is 0 Å². The highest BCUT2D eigenvalue weighted by molar-refractivity contribution is 9.10. The van der Waals surface area contributed by atoms with Crippen molar-refractivity contribution < 1.29 is 18.3 Å². The minimum Gasteiger partial charge on any atom is -0.481 e. The van der Waals surface area contributed by atoms with Crippen LogP contribution in [0.4, 0.5) is 4.39 Å². The molecule has 0 aliphatic carbocycles. The Labute approximate surface area is 174 Å². The first kappa shape index (κ1) is 19.2. The fourth-order valence-corrected chi connectivity index (χ4v) is 3.79. The molecule has 0 N–H and O–H groups in total. The van der Waals surface area contributed by atoms with Crippen LogP contribution in [0.1, 0.15) is 24.7 Å². The fourth-order valence-electron chi connectivity index (χ4n) is 3.29. The molecule has 1 amide bonds. The highest BCUT2D eigenvalue weighted by Gasteiger charge is 2.27. The molecule has 0 atom stereocenters. The normalized spacial score (nSPS) is 15.2. The minimum absolute atomic E-state index is 0.0663. The molecule has 146 valence electrons. The topological polar surface area (TPSA) is 55.6 Å². The third-order valence-electron chi connectivity index (χ3n) is 4.81. The maximum Gasteiger partial charge on any atom is 0.260 e. The van der Waals surface area contributed by atoms with Crippen LogP contribution >= 0.6 is 27.5 Å². The molecular formula is C20H17BrClFN2O3. The molecule has 0 radical (unpaired) electrons. The number of aromatic nitrogens is 1. The van der Waals surface area contributed by atoms with E-state index in [0.29, 0.717) is 34.1 Å². The number of hydrogen-bond donors (Lipinski definition) is 0. The van der Waals surface area contributed by atoms with Crippen molar-refractivity contribution in [1.82, 2.24) is 9.88 Å². The molecule has 1 fully saturated rings. The number of fused-ring (bicyclic) bond motifs is 1. The average Bonchev–Trinajstić information content (AvgIpc) is 3.10. The van der Waals surface area contributed by atoms with Crippen LogP contribution in [0.5, 0.6) is 5.75 Å². The summed E-state index contributed by atoms with van der Waals surface area (Å²) in [5.74, 6) is 0.233. The van der Waals surface area contributed by atoms with E-state index >= 15 is 0 Å². The Morgan fingerprint density at radius 1 is 1.29 bits per heavy atom. The number of ether oxygens (including phenoxy) is 1. The Hall–Kier alpha value is -2.12. The lowest BCUT2D eigenvalue weighted by molar-refractivity contribution is -0.134. The van der Waals surface area contributed by atoms with Crippen LogP contribution in [0.2, 0.25) is 5.02 Å². The fraction of sp³-hybridized carbons (Fsp3) is 0.300. The zero-order valence-electron chi connectivity index (χ0n) is 14.8. The van der Waals surface area contributed by atoms with Crippen LogP contribution in [-0.2, 0) is 4.79 Å². The van der Waals surface area contributed by atoms with Gasteiger partial charge in [-0.2, -0.15) is 0 Å². The molecule has 0 spiro atoms. The molecule has 1 aromatic heterocycles. The SMILES string of the molecule is O=C(COc1ccc(Br)cc1F)N1CCC(c2nc3cc(Cl)ccc3o2)CC1. The van der Waals surface area contributed by atoms with E-state index in [-0.39, 0.29) is 24.2 Å². The second kappa shape index (κ2) is 8.09. The summed E-state index contributed by atoms with van der Waals surface area (Å²) in [6.07, 6.45) is 1.50. The van der Waals surface area contributed by atoms with Crippen LogP contribution < -0.4 is 4.74 Å². The number of carbonyl (C=O) groups excluding carboxylic acids is 1. The summed E-state index contributed by atoms with van der Waals surface area (Å²) >= 11 is 9.18. The molecule has 3 aromatic rings. The number of nitrogens with zero attached hydrogens (tertiary/aromatic N) is 2. The zero-order valence-corrected chi connectivity index (χ0v) is 17.2. The van der Waals surface area contributed by atoms with Crippen molar-refractivity contribution in [3.05, 3.63) is 57.6 Å². The number of amides is 1. The average molecular weight is 468 g/mol. The number of rotatable bonds is 4. The number of hydrogen-bond acceptors (Lipinski definition) is 4. The van der Waals surface area contributed by atoms with E-state index in [1.165, 1.54) is 12.1 Å². The Balaban J connectivity index is 1.33. The van der Waals surface area contributed by atoms with Crippen molar-refractivity contribution >= 4 is 44.5 Å². The van der Waals surface area contributed by atoms with Gasteiger partial charge < -0.3 is 14.1 Å². The van der Waals surface area contributed by atoms with E-state index in [9.17, 15) is 9.18 Å². The van der Waals surface area contributed by atoms with Gasteiger partial charge >= 0.3 is 0 Å². The van der Waals surface area contributed by atoms with E-state index in [0.717, 1.165) is 18.4 Å². The van der Waals surface area contributed by atoms with E-state index in [2.05, 4.69) is 20.9 Å². The molecule has 0 saturated carbocycles. The lowest BCUT2D eigenvalue weighted by Crippen LogP contribution is -2.40. The van der Waals surface area contributed by atoms with Crippen molar-refractivity contribution in [2.75, 3.05) is 19.7 Å². The predicted octanol–water partition coefficient (Wildman–Crippen LogP) is 5.17. The lowest BCUT2D eigenvalue weighted by atomic mass is 9.97. The van der Waals surface area contributed by atoms with Gasteiger partial charge in [0.2, 0.25) is 0 Å². The molecule has 5 nitrogen and oxygen atoms in total. The number of likely N-dealkylation sites (tertiary alicyclic amines) is 1. The summed E-state index contributed by atoms with van der Waals surface area (Å²) in [4.78, 5) is 18.7. The van der Waals surface area contributed by atoms with Crippen LogP contribution in [-0.4, -0.2) is 35.5 Å². The first-order chi connectivity index (χ1) is 13.5. The molecule has 2 heterocycles. The summed E-state index contributed by atoms with van der Waals surface area (Å²) in [6.45, 7) is 0.967. The Morgan fingerprint density at radius 3 is 2.82 bits per heavy atom. The summed E-state index contributed by atoms with van der Waals surface area (Å²) in [6, 6.07) is 9.83. The van der Waals surface area contributed by atoms with Gasteiger partial charge in [-0.1, -0.05) is 27.5 Å². The highest BCUT2D eigenvalue weighted by Crippen LogP contribution is 2.31. The van der Waals surface area contributed by atoms with Gasteiger partial charge in [-0.25, -0.2) is 9.37 Å². The van der Waals surface area contributed by atoms with Gasteiger partial charge in [-0.05, 0) is 49.2 Å². The third kappa shape index (κ3) is 4.15. The van der Waals surface area contributed by atoms with Crippen molar-refractivity contribution in [2.45, 2.75) is 18.8 Å². The minimum atomic E-state index is -0.503. The molecule has 4 rings (SSSR count). The largest absolute Gasteiger partial charge is 0.481 e. The number of carbonyl (C=O) groups is 1. The van der Waals surface area contributed by atoms with Crippen LogP contribution in [0.3, 0.4) is 0 Å². The van der Waals surface area contributed by atoms with Crippen molar-refractivity contribution in [1.29, 1.82) is 0 Å². The smallest absolute Gasteiger partial charge is 0.260 e. The van der Waals surface area contributed by atoms with Gasteiger partial charge in [0.15, 0.2) is 29.6 Å². The molecule has 1 saturated heterocycles. The Morgan fingerprint density at radius 2 is 2.07 bits per heavy atom. The summed E-state index contributed by atoms with van der Waals surface area (Å²) in [5, 5.41) is 0.620. The van der Waals surface area contributed by atoms with Crippen LogP contribution in [0, 0.1) is 5.82 Å². The monoisotopic (exact) mass is 466 g/mol. The number of halogens is 3. The lowest BCUT2D eigenvalue weighted by Gasteiger charge is -2.30. The number of benzene rings is 2. The molecule has 28 heavy (non-hydrogen) atoms. The summed E-state index contributed by atoms with van der Waals surface area (Å²) in [5.41, 5.74) is 1.45. The maximum absolute atomic E-state index is 13.8. The van der Waals surface area contributed by atoms with Crippen LogP contribution in [0.15, 0.2) is 45.3 Å². The van der Waals surface area contributed by atoms with Gasteiger partial charge in [0.25, 0.3) is 5.91 Å². The Kier molecular flexibility index (Phi) is 5.55. The molecule has 2 aromatic carbocycles. The number of piperidine rings is 1. The van der Waals surface area contributed by atoms with Gasteiger partial charge in [0.1, 0.15) is 5.52 Å². The second-order valence-corrected chi connectivity index (χ2v) is 8.03. The van der Waals surface area contributed by atoms with Crippen LogP contribution in [0.25, 0.3) is 11.1 Å². The molecule has 1 aliphatic rings. The predicted molar refractivity (Wildman–Crippen MR) is 107 cm³/mol. The van der Waals surface area contributed by atoms with Crippen molar-refractivity contribution in [3.63, 3.8) is 0 Å². The summed E-state index contributed by atoms with van der Waals surface area (Å²) in [7, 11) is 0.